The Kier molecular flexibility index (Phi) is 1.53. The van der Waals surface area contributed by atoms with Crippen molar-refractivity contribution < 1.29 is 4.79 Å². The van der Waals surface area contributed by atoms with Gasteiger partial charge in [-0.25, -0.2) is 5.32 Å². The molecule has 0 spiro atoms. The molecule has 0 bridgehead atoms. The van der Waals surface area contributed by atoms with E-state index in [1.165, 1.54) is 0 Å². The summed E-state index contributed by atoms with van der Waals surface area (Å²) in [6.45, 7) is 0.637. The molecule has 4 N–H and O–H groups in total. The molecule has 2 unspecified atom stereocenters. The first-order valence-corrected chi connectivity index (χ1v) is 6.33. The molecule has 9 heteroatoms. The Balaban J connectivity index is 1.88. The van der Waals surface area contributed by atoms with Crippen molar-refractivity contribution in [2.75, 3.05) is 0 Å². The van der Waals surface area contributed by atoms with Crippen molar-refractivity contribution in [3.63, 3.8) is 0 Å². The first-order valence-electron chi connectivity index (χ1n) is 6.33. The van der Waals surface area contributed by atoms with Crippen molar-refractivity contribution in [1.82, 2.24) is 35.9 Å². The Labute approximate surface area is 113 Å². The van der Waals surface area contributed by atoms with Crippen molar-refractivity contribution in [3.05, 3.63) is 18.0 Å². The van der Waals surface area contributed by atoms with Crippen molar-refractivity contribution in [2.45, 2.75) is 18.8 Å². The van der Waals surface area contributed by atoms with E-state index >= 15 is 0 Å². The quantitative estimate of drug-likeness (QED) is 0.458. The summed E-state index contributed by atoms with van der Waals surface area (Å²) in [5.41, 5.74) is 5.78. The van der Waals surface area contributed by atoms with Crippen molar-refractivity contribution in [1.29, 1.82) is 0 Å². The van der Waals surface area contributed by atoms with E-state index in [9.17, 15) is 4.79 Å². The molecular weight excluding hydrogens is 260 g/mol. The second kappa shape index (κ2) is 2.97. The summed E-state index contributed by atoms with van der Waals surface area (Å²) in [4.78, 5) is 15.1. The van der Waals surface area contributed by atoms with Crippen molar-refractivity contribution in [3.8, 4) is 11.4 Å². The predicted octanol–water partition coefficient (Wildman–Crippen LogP) is -1.04. The Morgan fingerprint density at radius 2 is 2.35 bits per heavy atom. The average Bonchev–Trinajstić information content (AvgIpc) is 3.06. The molecule has 5 aliphatic heterocycles. The minimum Gasteiger partial charge on any atom is -0.344 e. The summed E-state index contributed by atoms with van der Waals surface area (Å²) >= 11 is 0. The number of carbonyl (C=O) groups is 1. The van der Waals surface area contributed by atoms with Crippen LogP contribution >= 0.6 is 0 Å². The smallest absolute Gasteiger partial charge is 0.294 e. The Morgan fingerprint density at radius 3 is 3.30 bits per heavy atom. The predicted molar refractivity (Wildman–Crippen MR) is 68.8 cm³/mol. The molecule has 0 aromatic rings. The van der Waals surface area contributed by atoms with Gasteiger partial charge in [0, 0.05) is 18.3 Å². The summed E-state index contributed by atoms with van der Waals surface area (Å²) in [5, 5.41) is 19.1. The molecule has 0 radical (unpaired) electrons. The van der Waals surface area contributed by atoms with E-state index in [1.807, 2.05) is 6.20 Å². The molecule has 1 saturated heterocycles. The monoisotopic (exact) mass is 271 g/mol. The van der Waals surface area contributed by atoms with Crippen LogP contribution in [0.1, 0.15) is 12.0 Å². The van der Waals surface area contributed by atoms with E-state index in [0.29, 0.717) is 18.8 Å². The molecule has 100 valence electrons. The van der Waals surface area contributed by atoms with Gasteiger partial charge in [0.25, 0.3) is 11.7 Å². The Bertz CT molecular complexity index is 753. The van der Waals surface area contributed by atoms with Gasteiger partial charge in [0.05, 0.1) is 6.20 Å². The van der Waals surface area contributed by atoms with Crippen LogP contribution in [0.15, 0.2) is 17.5 Å². The molecule has 2 atom stereocenters. The third-order valence-corrected chi connectivity index (χ3v) is 4.23. The van der Waals surface area contributed by atoms with Gasteiger partial charge < -0.3 is 10.3 Å². The van der Waals surface area contributed by atoms with Gasteiger partial charge in [-0.3, -0.25) is 4.79 Å². The number of pyridine rings is 1. The van der Waals surface area contributed by atoms with Gasteiger partial charge in [-0.05, 0) is 9.80 Å². The number of quaternary nitrogens is 1. The zero-order valence-electron chi connectivity index (χ0n) is 10.3. The average molecular weight is 271 g/mol. The molecule has 0 aromatic heterocycles. The highest BCUT2D eigenvalue weighted by molar-refractivity contribution is 5.88. The summed E-state index contributed by atoms with van der Waals surface area (Å²) < 4.78 is -0.0142. The number of H-pyrrole nitrogens is 1. The van der Waals surface area contributed by atoms with Crippen LogP contribution in [-0.4, -0.2) is 33.2 Å². The largest absolute Gasteiger partial charge is 0.344 e. The lowest BCUT2D eigenvalue weighted by molar-refractivity contribution is -0.120. The second-order valence-electron chi connectivity index (χ2n) is 5.22. The fourth-order valence-electron chi connectivity index (χ4n) is 3.38. The van der Waals surface area contributed by atoms with Gasteiger partial charge in [0.15, 0.2) is 12.2 Å². The lowest BCUT2D eigenvalue weighted by Gasteiger charge is -2.40. The zero-order chi connectivity index (χ0) is 13.4. The molecule has 1 amide bonds. The maximum absolute atomic E-state index is 12.0. The van der Waals surface area contributed by atoms with E-state index in [2.05, 4.69) is 36.3 Å². The van der Waals surface area contributed by atoms with E-state index in [4.69, 9.17) is 0 Å². The molecule has 0 aliphatic carbocycles. The molecule has 20 heavy (non-hydrogen) atoms. The van der Waals surface area contributed by atoms with Crippen LogP contribution < -0.4 is 20.8 Å². The Hall–Kier alpha value is -2.52. The number of nitrogens with zero attached hydrogens (tertiary/aromatic N) is 4. The van der Waals surface area contributed by atoms with Crippen LogP contribution in [0.2, 0.25) is 0 Å². The maximum Gasteiger partial charge on any atom is 0.294 e. The van der Waals surface area contributed by atoms with E-state index in [0.717, 1.165) is 16.8 Å². The highest BCUT2D eigenvalue weighted by Crippen LogP contribution is 2.47. The minimum absolute atomic E-state index is 0.0142. The van der Waals surface area contributed by atoms with Crippen LogP contribution in [0.5, 0.6) is 0 Å². The summed E-state index contributed by atoms with van der Waals surface area (Å²) in [7, 11) is 0. The van der Waals surface area contributed by atoms with Crippen LogP contribution in [-0.2, 0) is 11.3 Å². The number of aromatic nitrogens is 3. The van der Waals surface area contributed by atoms with Gasteiger partial charge in [0.1, 0.15) is 12.0 Å². The number of rotatable bonds is 0. The molecular formula is C11H11N8O+. The van der Waals surface area contributed by atoms with Crippen molar-refractivity contribution >= 4 is 17.9 Å². The van der Waals surface area contributed by atoms with Crippen LogP contribution in [0, 0.1) is 0 Å². The van der Waals surface area contributed by atoms with E-state index in [-0.39, 0.29) is 10.6 Å². The zero-order valence-corrected chi connectivity index (χ0v) is 10.3. The second-order valence-corrected chi connectivity index (χ2v) is 5.22. The normalized spacial score (nSPS) is 33.5. The topological polar surface area (TPSA) is 107 Å². The molecule has 0 saturated carbocycles. The highest BCUT2D eigenvalue weighted by Gasteiger charge is 2.68. The fraction of sp³-hybridized carbons (Fsp3) is 0.273. The number of hydrogen-bond donors (Lipinski definition) is 4. The number of aromatic amines is 1. The molecule has 5 heterocycles. The standard InChI is InChI=1S/C11H10N8O/c20-8-1-11-13-3-6-2-12-10-7(4-15-17-10)9(6)19(11,18-8)16-5-14-11/h2,4-5,13H,1,3H2,(H2-,12,14,15,16,17,18,20)/p+1. The number of carbonyl (C=O) groups excluding carboxylic acids is 1. The van der Waals surface area contributed by atoms with Gasteiger partial charge in [-0.2, -0.15) is 10.5 Å². The van der Waals surface area contributed by atoms with Gasteiger partial charge in [-0.15, -0.1) is 5.10 Å². The Morgan fingerprint density at radius 1 is 1.40 bits per heavy atom. The molecule has 9 nitrogen and oxygen atoms in total. The van der Waals surface area contributed by atoms with Crippen molar-refractivity contribution in [2.24, 2.45) is 5.10 Å². The first-order chi connectivity index (χ1) is 9.74. The lowest BCUT2D eigenvalue weighted by atomic mass is 10.0. The number of hydrogen-bond acceptors (Lipinski definition) is 6. The summed E-state index contributed by atoms with van der Waals surface area (Å²) in [6.07, 6.45) is 5.53. The van der Waals surface area contributed by atoms with E-state index < -0.39 is 5.79 Å². The molecule has 5 aliphatic rings. The van der Waals surface area contributed by atoms with Crippen LogP contribution in [0.3, 0.4) is 0 Å². The summed E-state index contributed by atoms with van der Waals surface area (Å²) in [6, 6.07) is 0. The lowest BCUT2D eigenvalue weighted by Crippen LogP contribution is -2.74. The number of fused-ring (bicyclic) bond motifs is 3. The number of amides is 1. The van der Waals surface area contributed by atoms with Crippen LogP contribution in [0.25, 0.3) is 11.4 Å². The minimum atomic E-state index is -0.657. The molecule has 0 aromatic carbocycles. The fourth-order valence-corrected chi connectivity index (χ4v) is 3.38. The SMILES string of the molecule is O=C1CC23NC=N[N+]2(N1)c1c(c[nH]c2nncc1-2)CN3. The van der Waals surface area contributed by atoms with Gasteiger partial charge in [-0.1, -0.05) is 0 Å². The third kappa shape index (κ3) is 0.917. The first kappa shape index (κ1) is 10.3. The molecule has 1 fully saturated rings. The summed E-state index contributed by atoms with van der Waals surface area (Å²) in [5.74, 6) is -0.0196. The van der Waals surface area contributed by atoms with Crippen LogP contribution in [0.4, 0.5) is 5.69 Å². The third-order valence-electron chi connectivity index (χ3n) is 4.23. The van der Waals surface area contributed by atoms with Gasteiger partial charge >= 0.3 is 0 Å². The van der Waals surface area contributed by atoms with Gasteiger partial charge in [0.2, 0.25) is 5.69 Å². The van der Waals surface area contributed by atoms with E-state index in [1.54, 1.807) is 12.5 Å². The number of nitrogens with one attached hydrogen (secondary N) is 4. The molecule has 5 rings (SSSR count). The maximum atomic E-state index is 12.0. The highest BCUT2D eigenvalue weighted by atomic mass is 16.2.